The minimum Gasteiger partial charge on any atom is -0.376 e. The second kappa shape index (κ2) is 9.52. The van der Waals surface area contributed by atoms with E-state index in [-0.39, 0.29) is 23.2 Å². The molecule has 0 bridgehead atoms. The standard InChI is InChI=1S/C26H27N3O3S2/c1-16-12-20(17(2)29(16)13-19-10-7-11-32-19)22(30)15-34-26-27-24-23(25(31)28(26)3)21(14-33-24)18-8-5-4-6-9-18/h4-6,8-9,12,14,19H,7,10-11,13,15H2,1-3H3. The Balaban J connectivity index is 1.37. The van der Waals surface area contributed by atoms with E-state index in [1.165, 1.54) is 23.1 Å². The molecular weight excluding hydrogens is 466 g/mol. The Bertz CT molecular complexity index is 1410. The Kier molecular flexibility index (Phi) is 6.46. The quantitative estimate of drug-likeness (QED) is 0.200. The molecule has 1 atom stereocenters. The van der Waals surface area contributed by atoms with E-state index in [9.17, 15) is 9.59 Å². The van der Waals surface area contributed by atoms with E-state index in [1.54, 1.807) is 11.6 Å². The highest BCUT2D eigenvalue weighted by Crippen LogP contribution is 2.32. The van der Waals surface area contributed by atoms with Crippen LogP contribution < -0.4 is 5.56 Å². The summed E-state index contributed by atoms with van der Waals surface area (Å²) in [6.45, 7) is 5.63. The minimum absolute atomic E-state index is 0.0437. The second-order valence-corrected chi connectivity index (χ2v) is 10.5. The van der Waals surface area contributed by atoms with Crippen LogP contribution in [-0.4, -0.2) is 38.4 Å². The first-order chi connectivity index (χ1) is 16.4. The topological polar surface area (TPSA) is 66.1 Å². The van der Waals surface area contributed by atoms with Crippen LogP contribution in [0.25, 0.3) is 21.3 Å². The average Bonchev–Trinajstić information content (AvgIpc) is 3.57. The number of carbonyl (C=O) groups excluding carboxylic acids is 1. The van der Waals surface area contributed by atoms with Crippen LogP contribution in [0.4, 0.5) is 0 Å². The van der Waals surface area contributed by atoms with Gasteiger partial charge in [-0.3, -0.25) is 14.2 Å². The molecule has 6 nitrogen and oxygen atoms in total. The van der Waals surface area contributed by atoms with Crippen molar-refractivity contribution in [1.29, 1.82) is 0 Å². The number of aryl methyl sites for hydroxylation is 1. The molecular formula is C26H27N3O3S2. The number of Topliss-reactive ketones (excluding diaryl/α,β-unsaturated/α-hetero) is 1. The molecule has 176 valence electrons. The fourth-order valence-corrected chi connectivity index (χ4v) is 6.42. The fourth-order valence-electron chi connectivity index (χ4n) is 4.58. The van der Waals surface area contributed by atoms with Gasteiger partial charge in [0.05, 0.1) is 17.2 Å². The SMILES string of the molecule is Cc1cc(C(=O)CSc2nc3scc(-c4ccccc4)c3c(=O)n2C)c(C)n1CC1CCCO1. The lowest BCUT2D eigenvalue weighted by Gasteiger charge is -2.14. The first-order valence-electron chi connectivity index (χ1n) is 11.4. The Morgan fingerprint density at radius 2 is 2.06 bits per heavy atom. The number of ether oxygens (including phenoxy) is 1. The lowest BCUT2D eigenvalue weighted by molar-refractivity contribution is 0.0957. The van der Waals surface area contributed by atoms with Crippen molar-refractivity contribution in [1.82, 2.24) is 14.1 Å². The van der Waals surface area contributed by atoms with E-state index in [2.05, 4.69) is 4.57 Å². The number of thioether (sulfide) groups is 1. The molecule has 0 amide bonds. The smallest absolute Gasteiger partial charge is 0.263 e. The maximum Gasteiger partial charge on any atom is 0.263 e. The molecule has 1 aliphatic rings. The van der Waals surface area contributed by atoms with Gasteiger partial charge in [0.2, 0.25) is 0 Å². The van der Waals surface area contributed by atoms with Gasteiger partial charge in [0.15, 0.2) is 10.9 Å². The lowest BCUT2D eigenvalue weighted by atomic mass is 10.1. The molecule has 5 rings (SSSR count). The summed E-state index contributed by atoms with van der Waals surface area (Å²) in [6.07, 6.45) is 2.38. The zero-order valence-corrected chi connectivity index (χ0v) is 21.2. The molecule has 0 radical (unpaired) electrons. The molecule has 1 saturated heterocycles. The van der Waals surface area contributed by atoms with Crippen LogP contribution in [0.1, 0.15) is 34.6 Å². The monoisotopic (exact) mass is 493 g/mol. The predicted octanol–water partition coefficient (Wildman–Crippen LogP) is 5.23. The van der Waals surface area contributed by atoms with Crippen molar-refractivity contribution in [2.75, 3.05) is 12.4 Å². The van der Waals surface area contributed by atoms with Crippen molar-refractivity contribution in [2.45, 2.75) is 44.5 Å². The third-order valence-corrected chi connectivity index (χ3v) is 8.38. The summed E-state index contributed by atoms with van der Waals surface area (Å²) in [4.78, 5) is 31.7. The fraction of sp³-hybridized carbons (Fsp3) is 0.346. The summed E-state index contributed by atoms with van der Waals surface area (Å²) in [7, 11) is 1.72. The molecule has 3 aromatic heterocycles. The number of carbonyl (C=O) groups is 1. The van der Waals surface area contributed by atoms with Crippen molar-refractivity contribution in [3.63, 3.8) is 0 Å². The first-order valence-corrected chi connectivity index (χ1v) is 13.3. The van der Waals surface area contributed by atoms with Crippen LogP contribution >= 0.6 is 23.1 Å². The van der Waals surface area contributed by atoms with Crippen molar-refractivity contribution in [3.8, 4) is 11.1 Å². The van der Waals surface area contributed by atoms with Gasteiger partial charge in [-0.2, -0.15) is 0 Å². The molecule has 0 spiro atoms. The third kappa shape index (κ3) is 4.26. The van der Waals surface area contributed by atoms with Gasteiger partial charge in [-0.1, -0.05) is 42.1 Å². The molecule has 4 heterocycles. The Morgan fingerprint density at radius 1 is 1.26 bits per heavy atom. The average molecular weight is 494 g/mol. The van der Waals surface area contributed by atoms with Crippen molar-refractivity contribution in [3.05, 3.63) is 69.1 Å². The molecule has 34 heavy (non-hydrogen) atoms. The molecule has 1 aromatic carbocycles. The van der Waals surface area contributed by atoms with E-state index in [0.29, 0.717) is 15.4 Å². The van der Waals surface area contributed by atoms with Crippen molar-refractivity contribution < 1.29 is 9.53 Å². The molecule has 0 saturated carbocycles. The number of ketones is 1. The number of nitrogens with zero attached hydrogens (tertiary/aromatic N) is 3. The second-order valence-electron chi connectivity index (χ2n) is 8.70. The van der Waals surface area contributed by atoms with Crippen LogP contribution in [0.2, 0.25) is 0 Å². The minimum atomic E-state index is -0.0882. The van der Waals surface area contributed by atoms with Crippen LogP contribution in [0.5, 0.6) is 0 Å². The van der Waals surface area contributed by atoms with E-state index in [4.69, 9.17) is 9.72 Å². The highest BCUT2D eigenvalue weighted by molar-refractivity contribution is 7.99. The van der Waals surface area contributed by atoms with Gasteiger partial charge < -0.3 is 9.30 Å². The largest absolute Gasteiger partial charge is 0.376 e. The van der Waals surface area contributed by atoms with Crippen molar-refractivity contribution in [2.24, 2.45) is 7.05 Å². The van der Waals surface area contributed by atoms with Gasteiger partial charge in [-0.15, -0.1) is 11.3 Å². The van der Waals surface area contributed by atoms with Gasteiger partial charge >= 0.3 is 0 Å². The van der Waals surface area contributed by atoms with Gasteiger partial charge in [-0.05, 0) is 38.3 Å². The maximum absolute atomic E-state index is 13.2. The number of aromatic nitrogens is 3. The van der Waals surface area contributed by atoms with Gasteiger partial charge in [0.1, 0.15) is 4.83 Å². The molecule has 0 N–H and O–H groups in total. The molecule has 1 unspecified atom stereocenters. The zero-order chi connectivity index (χ0) is 23.8. The maximum atomic E-state index is 13.2. The Hall–Kier alpha value is -2.68. The van der Waals surface area contributed by atoms with E-state index < -0.39 is 0 Å². The number of hydrogen-bond acceptors (Lipinski definition) is 6. The van der Waals surface area contributed by atoms with Crippen LogP contribution in [0.3, 0.4) is 0 Å². The highest BCUT2D eigenvalue weighted by Gasteiger charge is 2.22. The van der Waals surface area contributed by atoms with E-state index in [0.717, 1.165) is 54.1 Å². The van der Waals surface area contributed by atoms with Crippen LogP contribution in [0, 0.1) is 13.8 Å². The number of rotatable bonds is 7. The summed E-state index contributed by atoms with van der Waals surface area (Å²) in [5.41, 5.74) is 4.59. The predicted molar refractivity (Wildman–Crippen MR) is 138 cm³/mol. The van der Waals surface area contributed by atoms with Crippen LogP contribution in [-0.2, 0) is 18.3 Å². The highest BCUT2D eigenvalue weighted by atomic mass is 32.2. The molecule has 0 aliphatic carbocycles. The van der Waals surface area contributed by atoms with Gasteiger partial charge in [-0.25, -0.2) is 4.98 Å². The third-order valence-electron chi connectivity index (χ3n) is 6.48. The number of hydrogen-bond donors (Lipinski definition) is 0. The van der Waals surface area contributed by atoms with Crippen LogP contribution in [0.15, 0.2) is 51.7 Å². The molecule has 1 fully saturated rings. The molecule has 4 aromatic rings. The normalized spacial score (nSPS) is 15.9. The summed E-state index contributed by atoms with van der Waals surface area (Å²) < 4.78 is 9.52. The summed E-state index contributed by atoms with van der Waals surface area (Å²) in [6, 6.07) is 11.8. The van der Waals surface area contributed by atoms with E-state index >= 15 is 0 Å². The molecule has 8 heteroatoms. The number of benzene rings is 1. The lowest BCUT2D eigenvalue weighted by Crippen LogP contribution is -2.20. The first kappa shape index (κ1) is 23.1. The van der Waals surface area contributed by atoms with Gasteiger partial charge in [0, 0.05) is 48.1 Å². The number of fused-ring (bicyclic) bond motifs is 1. The zero-order valence-electron chi connectivity index (χ0n) is 19.5. The van der Waals surface area contributed by atoms with Gasteiger partial charge in [0.25, 0.3) is 5.56 Å². The summed E-state index contributed by atoms with van der Waals surface area (Å²) in [5.74, 6) is 0.273. The number of thiophene rings is 1. The van der Waals surface area contributed by atoms with E-state index in [1.807, 2.05) is 55.6 Å². The van der Waals surface area contributed by atoms with Crippen molar-refractivity contribution >= 4 is 39.1 Å². The summed E-state index contributed by atoms with van der Waals surface area (Å²) >= 11 is 2.78. The molecule has 1 aliphatic heterocycles. The Morgan fingerprint density at radius 3 is 2.79 bits per heavy atom. The summed E-state index contributed by atoms with van der Waals surface area (Å²) in [5, 5.41) is 3.17. The Labute approximate surface area is 206 Å².